The maximum atomic E-state index is 12.5. The van der Waals surface area contributed by atoms with Crippen LogP contribution in [-0.4, -0.2) is 36.6 Å². The first-order chi connectivity index (χ1) is 15.1. The third kappa shape index (κ3) is 4.49. The topological polar surface area (TPSA) is 74.1 Å². The number of carbonyl (C=O) groups excluding carboxylic acids is 1. The molecule has 0 aliphatic heterocycles. The average molecular weight is 438 g/mol. The van der Waals surface area contributed by atoms with Crippen molar-refractivity contribution >= 4 is 27.9 Å². The molecule has 2 aromatic heterocycles. The number of hydrogen-bond acceptors (Lipinski definition) is 6. The quantitative estimate of drug-likeness (QED) is 0.434. The van der Waals surface area contributed by atoms with Crippen molar-refractivity contribution in [2.45, 2.75) is 12.8 Å². The van der Waals surface area contributed by atoms with Crippen LogP contribution in [0.4, 0.5) is 5.69 Å². The monoisotopic (exact) mass is 437 g/mol. The van der Waals surface area contributed by atoms with Crippen molar-refractivity contribution in [3.63, 3.8) is 0 Å². The number of hydrogen-bond donors (Lipinski definition) is 1. The number of nitrogens with zero attached hydrogens (tertiary/aromatic N) is 2. The van der Waals surface area contributed by atoms with E-state index in [1.807, 2.05) is 40.2 Å². The fraction of sp³-hybridized carbons (Fsp3) is 0.217. The molecule has 0 unspecified atom stereocenters. The normalized spacial score (nSPS) is 10.8. The van der Waals surface area contributed by atoms with Crippen molar-refractivity contribution in [1.82, 2.24) is 9.38 Å². The Morgan fingerprint density at radius 3 is 2.48 bits per heavy atom. The van der Waals surface area contributed by atoms with Gasteiger partial charge in [-0.25, -0.2) is 4.98 Å². The Bertz CT molecular complexity index is 1200. The molecular weight excluding hydrogens is 414 g/mol. The zero-order valence-electron chi connectivity index (χ0n) is 17.5. The molecule has 0 radical (unpaired) electrons. The Morgan fingerprint density at radius 2 is 1.77 bits per heavy atom. The number of thiazole rings is 1. The Kier molecular flexibility index (Phi) is 6.08. The van der Waals surface area contributed by atoms with Gasteiger partial charge < -0.3 is 19.5 Å². The number of benzene rings is 2. The fourth-order valence-corrected chi connectivity index (χ4v) is 4.17. The molecule has 0 atom stereocenters. The van der Waals surface area contributed by atoms with E-state index < -0.39 is 0 Å². The van der Waals surface area contributed by atoms with E-state index in [-0.39, 0.29) is 5.91 Å². The van der Waals surface area contributed by atoms with Crippen LogP contribution in [-0.2, 0) is 11.2 Å². The summed E-state index contributed by atoms with van der Waals surface area (Å²) in [6, 6.07) is 13.1. The highest BCUT2D eigenvalue weighted by Crippen LogP contribution is 2.29. The van der Waals surface area contributed by atoms with Gasteiger partial charge in [0.05, 0.1) is 32.7 Å². The van der Waals surface area contributed by atoms with Crippen molar-refractivity contribution in [2.75, 3.05) is 26.6 Å². The molecule has 0 fully saturated rings. The first-order valence-corrected chi connectivity index (χ1v) is 10.6. The van der Waals surface area contributed by atoms with Gasteiger partial charge in [0.1, 0.15) is 17.2 Å². The van der Waals surface area contributed by atoms with Crippen LogP contribution in [0.15, 0.2) is 54.0 Å². The Labute approximate surface area is 184 Å². The molecule has 7 nitrogen and oxygen atoms in total. The van der Waals surface area contributed by atoms with Crippen LogP contribution in [0.2, 0.25) is 0 Å². The second kappa shape index (κ2) is 9.09. The summed E-state index contributed by atoms with van der Waals surface area (Å²) in [6.07, 6.45) is 2.95. The molecule has 0 aliphatic carbocycles. The summed E-state index contributed by atoms with van der Waals surface area (Å²) in [6.45, 7) is 0. The average Bonchev–Trinajstić information content (AvgIpc) is 3.39. The molecule has 2 aromatic carbocycles. The molecule has 160 valence electrons. The summed E-state index contributed by atoms with van der Waals surface area (Å²) in [7, 11) is 4.80. The minimum Gasteiger partial charge on any atom is -0.497 e. The van der Waals surface area contributed by atoms with Gasteiger partial charge in [0, 0.05) is 35.3 Å². The summed E-state index contributed by atoms with van der Waals surface area (Å²) in [5.41, 5.74) is 3.58. The number of anilines is 1. The first kappa shape index (κ1) is 20.7. The number of carbonyl (C=O) groups is 1. The predicted octanol–water partition coefficient (Wildman–Crippen LogP) is 4.66. The van der Waals surface area contributed by atoms with Gasteiger partial charge in [-0.3, -0.25) is 9.20 Å². The van der Waals surface area contributed by atoms with E-state index in [4.69, 9.17) is 19.2 Å². The minimum absolute atomic E-state index is 0.0849. The summed E-state index contributed by atoms with van der Waals surface area (Å²) in [5, 5.41) is 4.96. The number of methoxy groups -OCH3 is 3. The molecule has 0 spiro atoms. The van der Waals surface area contributed by atoms with Gasteiger partial charge in [0.25, 0.3) is 0 Å². The number of imidazole rings is 1. The molecule has 0 aliphatic rings. The molecule has 0 bridgehead atoms. The number of aryl methyl sites for hydroxylation is 1. The van der Waals surface area contributed by atoms with Gasteiger partial charge in [0.2, 0.25) is 5.91 Å². The predicted molar refractivity (Wildman–Crippen MR) is 122 cm³/mol. The van der Waals surface area contributed by atoms with Crippen molar-refractivity contribution in [2.24, 2.45) is 0 Å². The van der Waals surface area contributed by atoms with E-state index in [2.05, 4.69) is 5.32 Å². The van der Waals surface area contributed by atoms with E-state index >= 15 is 0 Å². The van der Waals surface area contributed by atoms with Gasteiger partial charge in [-0.1, -0.05) is 0 Å². The van der Waals surface area contributed by atoms with Gasteiger partial charge in [-0.05, 0) is 42.8 Å². The largest absolute Gasteiger partial charge is 0.497 e. The van der Waals surface area contributed by atoms with Crippen molar-refractivity contribution < 1.29 is 19.0 Å². The van der Waals surface area contributed by atoms with E-state index in [9.17, 15) is 4.79 Å². The van der Waals surface area contributed by atoms with Gasteiger partial charge in [0.15, 0.2) is 4.96 Å². The standard InChI is InChI=1S/C23H23N3O4S/c1-28-17-7-4-15(5-8-17)20-13-26-16(14-31-23(26)25-20)6-11-22(27)24-19-10-9-18(29-2)12-21(19)30-3/h4-5,7-10,12-14H,6,11H2,1-3H3,(H,24,27). The van der Waals surface area contributed by atoms with E-state index in [1.54, 1.807) is 50.9 Å². The van der Waals surface area contributed by atoms with E-state index in [0.717, 1.165) is 27.7 Å². The molecular formula is C23H23N3O4S. The molecule has 0 saturated carbocycles. The van der Waals surface area contributed by atoms with E-state index in [1.165, 1.54) is 0 Å². The van der Waals surface area contributed by atoms with Crippen LogP contribution in [0, 0.1) is 0 Å². The second-order valence-electron chi connectivity index (χ2n) is 6.85. The highest BCUT2D eigenvalue weighted by atomic mass is 32.1. The van der Waals surface area contributed by atoms with Gasteiger partial charge in [-0.15, -0.1) is 11.3 Å². The number of ether oxygens (including phenoxy) is 3. The molecule has 0 saturated heterocycles. The number of aromatic nitrogens is 2. The maximum absolute atomic E-state index is 12.5. The first-order valence-electron chi connectivity index (χ1n) is 9.73. The number of nitrogens with one attached hydrogen (secondary N) is 1. The minimum atomic E-state index is -0.0849. The molecule has 8 heteroatoms. The second-order valence-corrected chi connectivity index (χ2v) is 7.69. The highest BCUT2D eigenvalue weighted by molar-refractivity contribution is 7.15. The Balaban J connectivity index is 1.44. The maximum Gasteiger partial charge on any atom is 0.224 e. The third-order valence-electron chi connectivity index (χ3n) is 4.96. The number of rotatable bonds is 8. The van der Waals surface area contributed by atoms with Gasteiger partial charge in [-0.2, -0.15) is 0 Å². The number of amides is 1. The summed E-state index contributed by atoms with van der Waals surface area (Å²) >= 11 is 1.56. The highest BCUT2D eigenvalue weighted by Gasteiger charge is 2.13. The Hall–Kier alpha value is -3.52. The summed E-state index contributed by atoms with van der Waals surface area (Å²) < 4.78 is 17.8. The van der Waals surface area contributed by atoms with Crippen LogP contribution in [0.1, 0.15) is 12.1 Å². The van der Waals surface area contributed by atoms with Crippen LogP contribution in [0.25, 0.3) is 16.2 Å². The zero-order valence-corrected chi connectivity index (χ0v) is 18.4. The van der Waals surface area contributed by atoms with Crippen LogP contribution < -0.4 is 19.5 Å². The van der Waals surface area contributed by atoms with Crippen molar-refractivity contribution in [3.8, 4) is 28.5 Å². The SMILES string of the molecule is COc1ccc(-c2cn3c(CCC(=O)Nc4ccc(OC)cc4OC)csc3n2)cc1. The molecule has 1 amide bonds. The molecule has 4 aromatic rings. The fourth-order valence-electron chi connectivity index (χ4n) is 3.27. The third-order valence-corrected chi connectivity index (χ3v) is 5.85. The lowest BCUT2D eigenvalue weighted by molar-refractivity contribution is -0.116. The van der Waals surface area contributed by atoms with Crippen LogP contribution in [0.5, 0.6) is 17.2 Å². The zero-order chi connectivity index (χ0) is 21.8. The van der Waals surface area contributed by atoms with Crippen LogP contribution in [0.3, 0.4) is 0 Å². The van der Waals surface area contributed by atoms with Crippen molar-refractivity contribution in [3.05, 3.63) is 59.7 Å². The Morgan fingerprint density at radius 1 is 1.03 bits per heavy atom. The smallest absolute Gasteiger partial charge is 0.224 e. The molecule has 4 rings (SSSR count). The van der Waals surface area contributed by atoms with Crippen molar-refractivity contribution in [1.29, 1.82) is 0 Å². The summed E-state index contributed by atoms with van der Waals surface area (Å²) in [4.78, 5) is 18.1. The molecule has 31 heavy (non-hydrogen) atoms. The van der Waals surface area contributed by atoms with Crippen LogP contribution >= 0.6 is 11.3 Å². The van der Waals surface area contributed by atoms with Gasteiger partial charge >= 0.3 is 0 Å². The molecule has 2 heterocycles. The van der Waals surface area contributed by atoms with E-state index in [0.29, 0.717) is 30.0 Å². The lowest BCUT2D eigenvalue weighted by Crippen LogP contribution is -2.13. The number of fused-ring (bicyclic) bond motifs is 1. The lowest BCUT2D eigenvalue weighted by atomic mass is 10.1. The molecule has 1 N–H and O–H groups in total. The summed E-state index contributed by atoms with van der Waals surface area (Å²) in [5.74, 6) is 1.95. The lowest BCUT2D eigenvalue weighted by Gasteiger charge is -2.11.